The van der Waals surface area contributed by atoms with E-state index in [1.54, 1.807) is 6.26 Å². The topological polar surface area (TPSA) is 13.1 Å². The molecule has 0 saturated carbocycles. The molecule has 0 amide bonds. The van der Waals surface area contributed by atoms with Crippen molar-refractivity contribution in [3.05, 3.63) is 73.0 Å². The Morgan fingerprint density at radius 2 is 1.14 bits per heavy atom. The molecule has 1 heteroatoms. The normalized spacial score (nSPS) is 11.8. The number of benzene rings is 4. The van der Waals surface area contributed by atoms with Gasteiger partial charge in [-0.1, -0.05) is 54.6 Å². The predicted octanol–water partition coefficient (Wildman–Crippen LogP) is 5.89. The van der Waals surface area contributed by atoms with Crippen molar-refractivity contribution in [1.82, 2.24) is 0 Å². The van der Waals surface area contributed by atoms with Crippen LogP contribution in [0.3, 0.4) is 0 Å². The summed E-state index contributed by atoms with van der Waals surface area (Å²) in [6.07, 6.45) is 1.76. The molecular formula is C20H12O. The molecule has 0 spiro atoms. The van der Waals surface area contributed by atoms with E-state index in [9.17, 15) is 0 Å². The van der Waals surface area contributed by atoms with Gasteiger partial charge in [-0.15, -0.1) is 0 Å². The molecule has 0 aliphatic heterocycles. The second-order valence-corrected chi connectivity index (χ2v) is 5.44. The van der Waals surface area contributed by atoms with Crippen LogP contribution in [-0.4, -0.2) is 0 Å². The first-order valence-electron chi connectivity index (χ1n) is 7.12. The maximum absolute atomic E-state index is 5.51. The van der Waals surface area contributed by atoms with E-state index in [0.29, 0.717) is 0 Å². The molecule has 5 aromatic rings. The van der Waals surface area contributed by atoms with E-state index in [1.165, 1.54) is 37.7 Å². The summed E-state index contributed by atoms with van der Waals surface area (Å²) in [5.41, 5.74) is 0.947. The molecular weight excluding hydrogens is 256 g/mol. The summed E-state index contributed by atoms with van der Waals surface area (Å²) in [4.78, 5) is 0. The molecule has 98 valence electrons. The maximum Gasteiger partial charge on any atom is 0.134 e. The zero-order valence-corrected chi connectivity index (χ0v) is 11.3. The minimum Gasteiger partial charge on any atom is -0.464 e. The third-order valence-electron chi connectivity index (χ3n) is 4.35. The van der Waals surface area contributed by atoms with Gasteiger partial charge in [0, 0.05) is 5.39 Å². The van der Waals surface area contributed by atoms with E-state index in [4.69, 9.17) is 4.42 Å². The minimum atomic E-state index is 0.947. The predicted molar refractivity (Wildman–Crippen MR) is 88.7 cm³/mol. The molecule has 0 aliphatic carbocycles. The van der Waals surface area contributed by atoms with Crippen molar-refractivity contribution in [2.24, 2.45) is 0 Å². The summed E-state index contributed by atoms with van der Waals surface area (Å²) in [7, 11) is 0. The van der Waals surface area contributed by atoms with Crippen LogP contribution in [0.5, 0.6) is 0 Å². The fourth-order valence-electron chi connectivity index (χ4n) is 3.36. The summed E-state index contributed by atoms with van der Waals surface area (Å²) < 4.78 is 5.51. The molecule has 0 radical (unpaired) electrons. The van der Waals surface area contributed by atoms with Gasteiger partial charge in [-0.05, 0) is 44.5 Å². The van der Waals surface area contributed by atoms with Crippen molar-refractivity contribution in [1.29, 1.82) is 0 Å². The highest BCUT2D eigenvalue weighted by Gasteiger charge is 2.07. The van der Waals surface area contributed by atoms with Crippen molar-refractivity contribution in [2.45, 2.75) is 0 Å². The Morgan fingerprint density at radius 1 is 0.476 bits per heavy atom. The SMILES string of the molecule is c1ccc2c(c1)ccc1c2ccc2c3ccoc3ccc21. The first-order chi connectivity index (χ1) is 10.4. The standard InChI is InChI=1S/C20H12O/c1-2-4-14-13(3-1)5-6-16-15(14)7-8-18-17(16)9-10-20-19(18)11-12-21-20/h1-12H. The van der Waals surface area contributed by atoms with Gasteiger partial charge in [-0.2, -0.15) is 0 Å². The van der Waals surface area contributed by atoms with E-state index in [1.807, 2.05) is 6.07 Å². The maximum atomic E-state index is 5.51. The molecule has 4 aromatic carbocycles. The van der Waals surface area contributed by atoms with Crippen LogP contribution < -0.4 is 0 Å². The second kappa shape index (κ2) is 3.86. The van der Waals surface area contributed by atoms with Crippen molar-refractivity contribution in [3.8, 4) is 0 Å². The quantitative estimate of drug-likeness (QED) is 0.319. The van der Waals surface area contributed by atoms with Crippen LogP contribution in [0.1, 0.15) is 0 Å². The fourth-order valence-corrected chi connectivity index (χ4v) is 3.36. The Morgan fingerprint density at radius 3 is 2.05 bits per heavy atom. The summed E-state index contributed by atoms with van der Waals surface area (Å²) in [6, 6.07) is 23.7. The molecule has 21 heavy (non-hydrogen) atoms. The minimum absolute atomic E-state index is 0.947. The molecule has 0 atom stereocenters. The molecule has 0 aliphatic rings. The molecule has 0 saturated heterocycles. The van der Waals surface area contributed by atoms with Crippen LogP contribution in [0.15, 0.2) is 77.4 Å². The number of rotatable bonds is 0. The van der Waals surface area contributed by atoms with Crippen LogP contribution in [-0.2, 0) is 0 Å². The van der Waals surface area contributed by atoms with Crippen LogP contribution >= 0.6 is 0 Å². The van der Waals surface area contributed by atoms with E-state index < -0.39 is 0 Å². The fraction of sp³-hybridized carbons (Fsp3) is 0. The van der Waals surface area contributed by atoms with Gasteiger partial charge < -0.3 is 4.42 Å². The largest absolute Gasteiger partial charge is 0.464 e. The molecule has 0 bridgehead atoms. The highest BCUT2D eigenvalue weighted by atomic mass is 16.3. The average Bonchev–Trinajstić information content (AvgIpc) is 3.03. The highest BCUT2D eigenvalue weighted by Crippen LogP contribution is 2.34. The van der Waals surface area contributed by atoms with Crippen LogP contribution in [0, 0.1) is 0 Å². The molecule has 1 nitrogen and oxygen atoms in total. The Labute approximate surface area is 121 Å². The van der Waals surface area contributed by atoms with E-state index in [0.717, 1.165) is 5.58 Å². The van der Waals surface area contributed by atoms with Gasteiger partial charge in [-0.25, -0.2) is 0 Å². The molecule has 0 fully saturated rings. The van der Waals surface area contributed by atoms with E-state index >= 15 is 0 Å². The van der Waals surface area contributed by atoms with Gasteiger partial charge in [0.25, 0.3) is 0 Å². The van der Waals surface area contributed by atoms with Crippen molar-refractivity contribution >= 4 is 43.3 Å². The summed E-state index contributed by atoms with van der Waals surface area (Å²) in [5, 5.41) is 8.93. The summed E-state index contributed by atoms with van der Waals surface area (Å²) in [5.74, 6) is 0. The molecule has 1 aromatic heterocycles. The molecule has 0 unspecified atom stereocenters. The number of furan rings is 1. The third-order valence-corrected chi connectivity index (χ3v) is 4.35. The summed E-state index contributed by atoms with van der Waals surface area (Å²) >= 11 is 0. The first-order valence-corrected chi connectivity index (χ1v) is 7.12. The first kappa shape index (κ1) is 10.9. The molecule has 1 heterocycles. The van der Waals surface area contributed by atoms with Gasteiger partial charge in [0.15, 0.2) is 0 Å². The van der Waals surface area contributed by atoms with E-state index in [-0.39, 0.29) is 0 Å². The lowest BCUT2D eigenvalue weighted by Crippen LogP contribution is -1.81. The Hall–Kier alpha value is -2.80. The van der Waals surface area contributed by atoms with E-state index in [2.05, 4.69) is 60.7 Å². The monoisotopic (exact) mass is 268 g/mol. The number of fused-ring (bicyclic) bond motifs is 7. The van der Waals surface area contributed by atoms with Crippen LogP contribution in [0.2, 0.25) is 0 Å². The Bertz CT molecular complexity index is 1130. The highest BCUT2D eigenvalue weighted by molar-refractivity contribution is 6.21. The Kier molecular flexibility index (Phi) is 2.01. The lowest BCUT2D eigenvalue weighted by atomic mass is 9.96. The lowest BCUT2D eigenvalue weighted by Gasteiger charge is -2.08. The van der Waals surface area contributed by atoms with Crippen molar-refractivity contribution in [3.63, 3.8) is 0 Å². The van der Waals surface area contributed by atoms with Gasteiger partial charge in [0.2, 0.25) is 0 Å². The van der Waals surface area contributed by atoms with Crippen molar-refractivity contribution in [2.75, 3.05) is 0 Å². The van der Waals surface area contributed by atoms with Gasteiger partial charge in [0.1, 0.15) is 5.58 Å². The number of hydrogen-bond donors (Lipinski definition) is 0. The van der Waals surface area contributed by atoms with Crippen LogP contribution in [0.25, 0.3) is 43.3 Å². The van der Waals surface area contributed by atoms with Crippen LogP contribution in [0.4, 0.5) is 0 Å². The van der Waals surface area contributed by atoms with Gasteiger partial charge in [-0.3, -0.25) is 0 Å². The number of hydrogen-bond acceptors (Lipinski definition) is 1. The summed E-state index contributed by atoms with van der Waals surface area (Å²) in [6.45, 7) is 0. The molecule has 5 rings (SSSR count). The second-order valence-electron chi connectivity index (χ2n) is 5.44. The average molecular weight is 268 g/mol. The van der Waals surface area contributed by atoms with Gasteiger partial charge >= 0.3 is 0 Å². The zero-order chi connectivity index (χ0) is 13.8. The van der Waals surface area contributed by atoms with Gasteiger partial charge in [0.05, 0.1) is 6.26 Å². The molecule has 0 N–H and O–H groups in total. The third kappa shape index (κ3) is 1.40. The Balaban J connectivity index is 2.07. The zero-order valence-electron chi connectivity index (χ0n) is 11.3. The van der Waals surface area contributed by atoms with Crippen molar-refractivity contribution < 1.29 is 4.42 Å². The lowest BCUT2D eigenvalue weighted by molar-refractivity contribution is 0.616. The smallest absolute Gasteiger partial charge is 0.134 e.